The van der Waals surface area contributed by atoms with Gasteiger partial charge in [0.25, 0.3) is 0 Å². The highest BCUT2D eigenvalue weighted by molar-refractivity contribution is 5.42. The van der Waals surface area contributed by atoms with E-state index >= 15 is 0 Å². The van der Waals surface area contributed by atoms with Gasteiger partial charge in [-0.1, -0.05) is 13.8 Å². The Kier molecular flexibility index (Phi) is 2.80. The Balaban J connectivity index is 0.000000336. The third-order valence-electron chi connectivity index (χ3n) is 1.52. The van der Waals surface area contributed by atoms with E-state index < -0.39 is 0 Å². The van der Waals surface area contributed by atoms with Crippen LogP contribution in [0.3, 0.4) is 0 Å². The molecule has 0 amide bonds. The summed E-state index contributed by atoms with van der Waals surface area (Å²) in [7, 11) is 0. The molecule has 0 N–H and O–H groups in total. The number of hydrogen-bond acceptors (Lipinski definition) is 2. The second-order valence-electron chi connectivity index (χ2n) is 2.24. The molecule has 0 fully saturated rings. The molecule has 0 aliphatic heterocycles. The van der Waals surface area contributed by atoms with E-state index in [-0.39, 0.29) is 0 Å². The first kappa shape index (κ1) is 8.71. The van der Waals surface area contributed by atoms with E-state index in [1.165, 1.54) is 0 Å². The zero-order valence-electron chi connectivity index (χ0n) is 7.65. The van der Waals surface area contributed by atoms with Crippen LogP contribution in [0.25, 0.3) is 5.52 Å². The molecule has 0 radical (unpaired) electrons. The molecule has 64 valence electrons. The van der Waals surface area contributed by atoms with E-state index in [1.54, 1.807) is 18.7 Å². The molecule has 2 aromatic heterocycles. The lowest BCUT2D eigenvalue weighted by Crippen LogP contribution is -1.88. The molecule has 2 heterocycles. The first-order valence-electron chi connectivity index (χ1n) is 4.10. The van der Waals surface area contributed by atoms with Gasteiger partial charge >= 0.3 is 0 Å². The molecule has 0 spiro atoms. The highest BCUT2D eigenvalue weighted by Gasteiger charge is 1.92. The van der Waals surface area contributed by atoms with Crippen molar-refractivity contribution >= 4 is 5.52 Å². The molecule has 0 aromatic carbocycles. The fraction of sp³-hybridized carbons (Fsp3) is 0.333. The van der Waals surface area contributed by atoms with Gasteiger partial charge in [0.05, 0.1) is 24.2 Å². The third kappa shape index (κ3) is 1.44. The summed E-state index contributed by atoms with van der Waals surface area (Å²) >= 11 is 0. The number of aromatic nitrogens is 3. The van der Waals surface area contributed by atoms with E-state index in [1.807, 2.05) is 31.4 Å². The van der Waals surface area contributed by atoms with Gasteiger partial charge in [-0.3, -0.25) is 4.98 Å². The average Bonchev–Trinajstić information content (AvgIpc) is 2.57. The van der Waals surface area contributed by atoms with Crippen molar-refractivity contribution in [2.45, 2.75) is 20.8 Å². The van der Waals surface area contributed by atoms with Crippen molar-refractivity contribution in [3.8, 4) is 0 Å². The van der Waals surface area contributed by atoms with Crippen LogP contribution in [0.15, 0.2) is 24.9 Å². The van der Waals surface area contributed by atoms with E-state index in [0.29, 0.717) is 0 Å². The van der Waals surface area contributed by atoms with Crippen molar-refractivity contribution in [1.82, 2.24) is 14.4 Å². The Labute approximate surface area is 72.1 Å². The Morgan fingerprint density at radius 3 is 2.42 bits per heavy atom. The number of fused-ring (bicyclic) bond motifs is 1. The zero-order chi connectivity index (χ0) is 8.97. The van der Waals surface area contributed by atoms with E-state index in [9.17, 15) is 0 Å². The summed E-state index contributed by atoms with van der Waals surface area (Å²) in [6, 6.07) is 0. The topological polar surface area (TPSA) is 30.2 Å². The average molecular weight is 163 g/mol. The molecule has 0 aliphatic carbocycles. The predicted octanol–water partition coefficient (Wildman–Crippen LogP) is 2.06. The first-order valence-corrected chi connectivity index (χ1v) is 4.10. The van der Waals surface area contributed by atoms with Crippen LogP contribution in [0.2, 0.25) is 0 Å². The molecule has 0 saturated carbocycles. The Bertz CT molecular complexity index is 351. The van der Waals surface area contributed by atoms with Gasteiger partial charge in [-0.05, 0) is 6.92 Å². The van der Waals surface area contributed by atoms with Crippen molar-refractivity contribution in [1.29, 1.82) is 0 Å². The molecule has 2 aromatic rings. The number of nitrogens with zero attached hydrogens (tertiary/aromatic N) is 3. The van der Waals surface area contributed by atoms with Crippen LogP contribution in [0.5, 0.6) is 0 Å². The molecule has 0 saturated heterocycles. The molecular formula is C9H13N3. The highest BCUT2D eigenvalue weighted by Crippen LogP contribution is 2.01. The van der Waals surface area contributed by atoms with E-state index in [2.05, 4.69) is 9.97 Å². The SMILES string of the molecule is CC.Cc1cncc2cncn12. The van der Waals surface area contributed by atoms with E-state index in [0.717, 1.165) is 11.2 Å². The summed E-state index contributed by atoms with van der Waals surface area (Å²) in [5.41, 5.74) is 2.15. The van der Waals surface area contributed by atoms with Gasteiger partial charge in [0.2, 0.25) is 0 Å². The maximum absolute atomic E-state index is 4.02. The second kappa shape index (κ2) is 3.85. The van der Waals surface area contributed by atoms with Gasteiger partial charge in [0.15, 0.2) is 0 Å². The number of imidazole rings is 1. The lowest BCUT2D eigenvalue weighted by molar-refractivity contribution is 1.04. The normalized spacial score (nSPS) is 9.25. The van der Waals surface area contributed by atoms with Gasteiger partial charge in [0, 0.05) is 11.9 Å². The van der Waals surface area contributed by atoms with Gasteiger partial charge in [-0.15, -0.1) is 0 Å². The number of hydrogen-bond donors (Lipinski definition) is 0. The molecular weight excluding hydrogens is 150 g/mol. The summed E-state index contributed by atoms with van der Waals surface area (Å²) in [5, 5.41) is 0. The number of rotatable bonds is 0. The fourth-order valence-electron chi connectivity index (χ4n) is 0.979. The van der Waals surface area contributed by atoms with Crippen LogP contribution >= 0.6 is 0 Å². The molecule has 0 unspecified atom stereocenters. The molecule has 3 heteroatoms. The van der Waals surface area contributed by atoms with Crippen LogP contribution in [-0.2, 0) is 0 Å². The highest BCUT2D eigenvalue weighted by atomic mass is 15.0. The minimum atomic E-state index is 1.04. The van der Waals surface area contributed by atoms with Gasteiger partial charge in [-0.2, -0.15) is 0 Å². The first-order chi connectivity index (χ1) is 5.88. The van der Waals surface area contributed by atoms with Crippen molar-refractivity contribution in [3.63, 3.8) is 0 Å². The van der Waals surface area contributed by atoms with Crippen molar-refractivity contribution in [3.05, 3.63) is 30.6 Å². The van der Waals surface area contributed by atoms with Gasteiger partial charge < -0.3 is 4.40 Å². The summed E-state index contributed by atoms with van der Waals surface area (Å²) < 4.78 is 1.99. The summed E-state index contributed by atoms with van der Waals surface area (Å²) in [4.78, 5) is 8.01. The monoisotopic (exact) mass is 163 g/mol. The molecule has 0 atom stereocenters. The minimum absolute atomic E-state index is 1.04. The van der Waals surface area contributed by atoms with Crippen molar-refractivity contribution in [2.24, 2.45) is 0 Å². The quantitative estimate of drug-likeness (QED) is 0.595. The maximum Gasteiger partial charge on any atom is 0.0995 e. The fourth-order valence-corrected chi connectivity index (χ4v) is 0.979. The van der Waals surface area contributed by atoms with Crippen LogP contribution in [-0.4, -0.2) is 14.4 Å². The standard InChI is InChI=1S/C7H7N3.C2H6/c1-6-2-8-3-7-4-9-5-10(6)7;1-2/h2-5H,1H3;1-2H3. The van der Waals surface area contributed by atoms with Crippen LogP contribution in [0.1, 0.15) is 19.5 Å². The van der Waals surface area contributed by atoms with Crippen LogP contribution < -0.4 is 0 Å². The molecule has 0 bridgehead atoms. The van der Waals surface area contributed by atoms with Crippen LogP contribution in [0.4, 0.5) is 0 Å². The summed E-state index contributed by atoms with van der Waals surface area (Å²) in [6.45, 7) is 6.00. The second-order valence-corrected chi connectivity index (χ2v) is 2.24. The number of aryl methyl sites for hydroxylation is 1. The summed E-state index contributed by atoms with van der Waals surface area (Å²) in [6.07, 6.45) is 7.18. The largest absolute Gasteiger partial charge is 0.300 e. The van der Waals surface area contributed by atoms with Gasteiger partial charge in [-0.25, -0.2) is 4.98 Å². The molecule has 12 heavy (non-hydrogen) atoms. The van der Waals surface area contributed by atoms with E-state index in [4.69, 9.17) is 0 Å². The Morgan fingerprint density at radius 2 is 1.75 bits per heavy atom. The Morgan fingerprint density at radius 1 is 1.08 bits per heavy atom. The smallest absolute Gasteiger partial charge is 0.0995 e. The lowest BCUT2D eigenvalue weighted by atomic mass is 10.5. The zero-order valence-corrected chi connectivity index (χ0v) is 7.65. The molecule has 0 aliphatic rings. The van der Waals surface area contributed by atoms with Gasteiger partial charge in [0.1, 0.15) is 0 Å². The maximum atomic E-state index is 4.02. The van der Waals surface area contributed by atoms with Crippen molar-refractivity contribution in [2.75, 3.05) is 0 Å². The molecule has 3 nitrogen and oxygen atoms in total. The summed E-state index contributed by atoms with van der Waals surface area (Å²) in [5.74, 6) is 0. The third-order valence-corrected chi connectivity index (χ3v) is 1.52. The van der Waals surface area contributed by atoms with Crippen LogP contribution in [0, 0.1) is 6.92 Å². The molecule has 2 rings (SSSR count). The minimum Gasteiger partial charge on any atom is -0.300 e. The Hall–Kier alpha value is -1.38. The predicted molar refractivity (Wildman–Crippen MR) is 49.1 cm³/mol. The van der Waals surface area contributed by atoms with Crippen molar-refractivity contribution < 1.29 is 0 Å². The lowest BCUT2D eigenvalue weighted by Gasteiger charge is -1.94.